The van der Waals surface area contributed by atoms with Gasteiger partial charge in [-0.05, 0) is 37.5 Å². The molecule has 0 aliphatic carbocycles. The van der Waals surface area contributed by atoms with E-state index in [2.05, 4.69) is 30.1 Å². The second kappa shape index (κ2) is 9.38. The first-order chi connectivity index (χ1) is 17.2. The van der Waals surface area contributed by atoms with Gasteiger partial charge in [-0.15, -0.1) is 0 Å². The van der Waals surface area contributed by atoms with Crippen LogP contribution in [0.2, 0.25) is 0 Å². The summed E-state index contributed by atoms with van der Waals surface area (Å²) in [5.74, 6) is 0.420. The summed E-state index contributed by atoms with van der Waals surface area (Å²) in [5.41, 5.74) is 3.67. The third kappa shape index (κ3) is 4.44. The molecular formula is C25H27N7O3. The summed E-state index contributed by atoms with van der Waals surface area (Å²) >= 11 is 0. The molecule has 6 heterocycles. The number of hydrogen-bond donors (Lipinski definition) is 2. The number of rotatable bonds is 5. The molecule has 2 aliphatic heterocycles. The van der Waals surface area contributed by atoms with Gasteiger partial charge in [0.25, 0.3) is 11.9 Å². The smallest absolute Gasteiger partial charge is 0.300 e. The first kappa shape index (κ1) is 21.6. The van der Waals surface area contributed by atoms with Crippen molar-refractivity contribution in [3.05, 3.63) is 48.4 Å². The molecular weight excluding hydrogens is 446 g/mol. The topological polar surface area (TPSA) is 112 Å². The lowest BCUT2D eigenvalue weighted by molar-refractivity contribution is 0.102. The van der Waals surface area contributed by atoms with Crippen molar-refractivity contribution in [2.24, 2.45) is 0 Å². The SMILES string of the molecule is O=C(Nc1cc2oc(N3CCOCC3)nc2nc1N1CCCCC1)c1cccc(-c2cc[nH]c2)n1. The number of fused-ring (bicyclic) bond motifs is 1. The number of aromatic amines is 1. The summed E-state index contributed by atoms with van der Waals surface area (Å²) in [7, 11) is 0. The standard InChI is InChI=1S/C25H27N7O3/c33-24(19-6-4-5-18(27-19)17-7-8-26-16-17)28-20-15-21-22(29-23(20)31-9-2-1-3-10-31)30-25(35-21)32-11-13-34-14-12-32/h4-8,15-16,26H,1-3,9-14H2,(H,28,33). The Morgan fingerprint density at radius 3 is 2.63 bits per heavy atom. The molecule has 0 aromatic carbocycles. The number of ether oxygens (including phenoxy) is 1. The summed E-state index contributed by atoms with van der Waals surface area (Å²) in [6, 6.07) is 9.72. The van der Waals surface area contributed by atoms with Crippen LogP contribution in [0.15, 0.2) is 47.1 Å². The average molecular weight is 474 g/mol. The van der Waals surface area contributed by atoms with Gasteiger partial charge in [0.15, 0.2) is 11.4 Å². The first-order valence-electron chi connectivity index (χ1n) is 12.1. The van der Waals surface area contributed by atoms with Gasteiger partial charge in [-0.2, -0.15) is 4.98 Å². The van der Waals surface area contributed by atoms with Crippen LogP contribution in [0.5, 0.6) is 0 Å². The number of nitrogens with zero attached hydrogens (tertiary/aromatic N) is 5. The molecule has 10 nitrogen and oxygen atoms in total. The molecule has 4 aromatic heterocycles. The molecule has 180 valence electrons. The zero-order valence-electron chi connectivity index (χ0n) is 19.4. The van der Waals surface area contributed by atoms with E-state index in [-0.39, 0.29) is 5.91 Å². The van der Waals surface area contributed by atoms with Crippen molar-refractivity contribution in [2.45, 2.75) is 19.3 Å². The van der Waals surface area contributed by atoms with E-state index in [0.29, 0.717) is 47.7 Å². The van der Waals surface area contributed by atoms with E-state index in [4.69, 9.17) is 14.1 Å². The van der Waals surface area contributed by atoms with Crippen molar-refractivity contribution in [3.63, 3.8) is 0 Å². The fourth-order valence-corrected chi connectivity index (χ4v) is 4.56. The third-order valence-corrected chi connectivity index (χ3v) is 6.41. The van der Waals surface area contributed by atoms with Gasteiger partial charge >= 0.3 is 0 Å². The Balaban J connectivity index is 1.34. The van der Waals surface area contributed by atoms with Crippen LogP contribution < -0.4 is 15.1 Å². The molecule has 6 rings (SSSR count). The molecule has 2 fully saturated rings. The van der Waals surface area contributed by atoms with Crippen molar-refractivity contribution in [2.75, 3.05) is 54.5 Å². The Labute approximate surface area is 202 Å². The van der Waals surface area contributed by atoms with Crippen LogP contribution in [0.4, 0.5) is 17.5 Å². The number of hydrogen-bond acceptors (Lipinski definition) is 8. The number of aromatic nitrogens is 4. The highest BCUT2D eigenvalue weighted by molar-refractivity contribution is 6.05. The number of morpholine rings is 1. The maximum absolute atomic E-state index is 13.3. The highest BCUT2D eigenvalue weighted by Gasteiger charge is 2.23. The summed E-state index contributed by atoms with van der Waals surface area (Å²) in [4.78, 5) is 34.6. The van der Waals surface area contributed by atoms with Crippen LogP contribution in [-0.2, 0) is 4.74 Å². The van der Waals surface area contributed by atoms with Gasteiger partial charge in [0.1, 0.15) is 5.69 Å². The van der Waals surface area contributed by atoms with Crippen molar-refractivity contribution >= 4 is 34.7 Å². The number of oxazole rings is 1. The van der Waals surface area contributed by atoms with E-state index in [9.17, 15) is 4.79 Å². The molecule has 0 unspecified atom stereocenters. The lowest BCUT2D eigenvalue weighted by Crippen LogP contribution is -2.36. The normalized spacial score (nSPS) is 16.6. The fraction of sp³-hybridized carbons (Fsp3) is 0.360. The highest BCUT2D eigenvalue weighted by atomic mass is 16.5. The Morgan fingerprint density at radius 1 is 0.971 bits per heavy atom. The van der Waals surface area contributed by atoms with E-state index >= 15 is 0 Å². The van der Waals surface area contributed by atoms with Crippen molar-refractivity contribution in [3.8, 4) is 11.3 Å². The van der Waals surface area contributed by atoms with Gasteiger partial charge in [-0.25, -0.2) is 9.97 Å². The molecule has 1 amide bonds. The molecule has 0 spiro atoms. The van der Waals surface area contributed by atoms with E-state index < -0.39 is 0 Å². The number of pyridine rings is 2. The van der Waals surface area contributed by atoms with E-state index in [1.807, 2.05) is 36.7 Å². The number of carbonyl (C=O) groups is 1. The molecule has 0 saturated carbocycles. The minimum Gasteiger partial charge on any atom is -0.422 e. The van der Waals surface area contributed by atoms with Crippen LogP contribution in [0, 0.1) is 0 Å². The Bertz CT molecular complexity index is 1320. The predicted octanol–water partition coefficient (Wildman–Crippen LogP) is 3.69. The van der Waals surface area contributed by atoms with E-state index in [0.717, 1.165) is 50.3 Å². The van der Waals surface area contributed by atoms with Gasteiger partial charge in [-0.1, -0.05) is 6.07 Å². The van der Waals surface area contributed by atoms with Gasteiger partial charge in [0, 0.05) is 50.2 Å². The Morgan fingerprint density at radius 2 is 1.83 bits per heavy atom. The Kier molecular flexibility index (Phi) is 5.79. The zero-order valence-corrected chi connectivity index (χ0v) is 19.4. The average Bonchev–Trinajstić information content (AvgIpc) is 3.60. The zero-order chi connectivity index (χ0) is 23.6. The van der Waals surface area contributed by atoms with Crippen LogP contribution in [0.25, 0.3) is 22.5 Å². The van der Waals surface area contributed by atoms with Gasteiger partial charge < -0.3 is 29.3 Å². The first-order valence-corrected chi connectivity index (χ1v) is 12.1. The molecule has 0 bridgehead atoms. The van der Waals surface area contributed by atoms with Gasteiger partial charge in [-0.3, -0.25) is 4.79 Å². The van der Waals surface area contributed by atoms with Crippen LogP contribution in [-0.4, -0.2) is 65.2 Å². The van der Waals surface area contributed by atoms with Crippen molar-refractivity contribution in [1.82, 2.24) is 19.9 Å². The fourth-order valence-electron chi connectivity index (χ4n) is 4.56. The molecule has 2 N–H and O–H groups in total. The minimum absolute atomic E-state index is 0.297. The summed E-state index contributed by atoms with van der Waals surface area (Å²) < 4.78 is 11.5. The maximum atomic E-state index is 13.3. The largest absolute Gasteiger partial charge is 0.422 e. The summed E-state index contributed by atoms with van der Waals surface area (Å²) in [6.45, 7) is 4.49. The van der Waals surface area contributed by atoms with E-state index in [1.54, 1.807) is 6.07 Å². The lowest BCUT2D eigenvalue weighted by atomic mass is 10.1. The molecule has 2 saturated heterocycles. The van der Waals surface area contributed by atoms with Gasteiger partial charge in [0.05, 0.1) is 24.6 Å². The van der Waals surface area contributed by atoms with Crippen LogP contribution in [0.3, 0.4) is 0 Å². The van der Waals surface area contributed by atoms with Crippen molar-refractivity contribution < 1.29 is 13.9 Å². The van der Waals surface area contributed by atoms with Crippen molar-refractivity contribution in [1.29, 1.82) is 0 Å². The van der Waals surface area contributed by atoms with Crippen LogP contribution >= 0.6 is 0 Å². The molecule has 10 heteroatoms. The Hall–Kier alpha value is -3.92. The van der Waals surface area contributed by atoms with Crippen LogP contribution in [0.1, 0.15) is 29.8 Å². The minimum atomic E-state index is -0.297. The molecule has 0 atom stereocenters. The summed E-state index contributed by atoms with van der Waals surface area (Å²) in [5, 5.41) is 3.04. The highest BCUT2D eigenvalue weighted by Crippen LogP contribution is 2.32. The number of nitrogens with one attached hydrogen (secondary N) is 2. The number of carbonyl (C=O) groups excluding carboxylic acids is 1. The quantitative estimate of drug-likeness (QED) is 0.451. The summed E-state index contributed by atoms with van der Waals surface area (Å²) in [6.07, 6.45) is 7.06. The van der Waals surface area contributed by atoms with E-state index in [1.165, 1.54) is 6.42 Å². The molecule has 4 aromatic rings. The molecule has 0 radical (unpaired) electrons. The molecule has 35 heavy (non-hydrogen) atoms. The third-order valence-electron chi connectivity index (χ3n) is 6.41. The molecule has 2 aliphatic rings. The number of piperidine rings is 1. The second-order valence-corrected chi connectivity index (χ2v) is 8.79. The second-order valence-electron chi connectivity index (χ2n) is 8.79. The van der Waals surface area contributed by atoms with Gasteiger partial charge in [0.2, 0.25) is 5.65 Å². The number of H-pyrrole nitrogens is 1. The maximum Gasteiger partial charge on any atom is 0.300 e. The number of amides is 1. The lowest BCUT2D eigenvalue weighted by Gasteiger charge is -2.29. The number of anilines is 3. The monoisotopic (exact) mass is 473 g/mol. The predicted molar refractivity (Wildman–Crippen MR) is 133 cm³/mol.